The van der Waals surface area contributed by atoms with Crippen LogP contribution in [0.1, 0.15) is 45.1 Å². The molecule has 1 aliphatic carbocycles. The SMILES string of the molecule is CCN(C1CCCC1)C(C)(CN)Cc1ccc(Cl)cc1. The van der Waals surface area contributed by atoms with Gasteiger partial charge in [-0.2, -0.15) is 0 Å². The average molecular weight is 295 g/mol. The van der Waals surface area contributed by atoms with Crippen molar-refractivity contribution < 1.29 is 0 Å². The molecule has 0 aromatic heterocycles. The van der Waals surface area contributed by atoms with E-state index in [0.717, 1.165) is 18.0 Å². The Kier molecular flexibility index (Phi) is 5.48. The maximum absolute atomic E-state index is 6.16. The number of rotatable bonds is 6. The Morgan fingerprint density at radius 1 is 1.25 bits per heavy atom. The predicted molar refractivity (Wildman–Crippen MR) is 87.3 cm³/mol. The van der Waals surface area contributed by atoms with Gasteiger partial charge in [0, 0.05) is 23.1 Å². The molecular formula is C17H27ClN2. The topological polar surface area (TPSA) is 29.3 Å². The fourth-order valence-corrected chi connectivity index (χ4v) is 3.76. The summed E-state index contributed by atoms with van der Waals surface area (Å²) in [5.74, 6) is 0. The van der Waals surface area contributed by atoms with Gasteiger partial charge in [0.2, 0.25) is 0 Å². The lowest BCUT2D eigenvalue weighted by atomic mass is 9.89. The number of halogens is 1. The van der Waals surface area contributed by atoms with Crippen LogP contribution in [0, 0.1) is 0 Å². The van der Waals surface area contributed by atoms with E-state index in [1.807, 2.05) is 12.1 Å². The second-order valence-corrected chi connectivity index (χ2v) is 6.67. The summed E-state index contributed by atoms with van der Waals surface area (Å²) in [5, 5.41) is 0.798. The van der Waals surface area contributed by atoms with Crippen molar-refractivity contribution in [2.75, 3.05) is 13.1 Å². The Hall–Kier alpha value is -0.570. The maximum atomic E-state index is 6.16. The standard InChI is InChI=1S/C17H27ClN2/c1-3-20(16-6-4-5-7-16)17(2,13-19)12-14-8-10-15(18)11-9-14/h8-11,16H,3-7,12-13,19H2,1-2H3. The Balaban J connectivity index is 2.15. The fourth-order valence-electron chi connectivity index (χ4n) is 3.63. The van der Waals surface area contributed by atoms with E-state index >= 15 is 0 Å². The first-order valence-corrected chi connectivity index (χ1v) is 8.18. The summed E-state index contributed by atoms with van der Waals surface area (Å²) in [6.45, 7) is 6.34. The highest BCUT2D eigenvalue weighted by Gasteiger charge is 2.35. The minimum Gasteiger partial charge on any atom is -0.329 e. The smallest absolute Gasteiger partial charge is 0.0406 e. The molecule has 1 aromatic carbocycles. The molecule has 2 nitrogen and oxygen atoms in total. The van der Waals surface area contributed by atoms with Crippen molar-refractivity contribution >= 4 is 11.6 Å². The van der Waals surface area contributed by atoms with Crippen LogP contribution < -0.4 is 5.73 Å². The molecule has 1 unspecified atom stereocenters. The molecule has 2 rings (SSSR count). The van der Waals surface area contributed by atoms with Gasteiger partial charge in [-0.25, -0.2) is 0 Å². The third-order valence-corrected chi connectivity index (χ3v) is 4.99. The Morgan fingerprint density at radius 2 is 1.85 bits per heavy atom. The molecule has 3 heteroatoms. The maximum Gasteiger partial charge on any atom is 0.0406 e. The van der Waals surface area contributed by atoms with Crippen molar-refractivity contribution in [2.24, 2.45) is 5.73 Å². The van der Waals surface area contributed by atoms with Crippen LogP contribution in [0.15, 0.2) is 24.3 Å². The largest absolute Gasteiger partial charge is 0.329 e. The van der Waals surface area contributed by atoms with Gasteiger partial charge in [-0.1, -0.05) is 43.5 Å². The van der Waals surface area contributed by atoms with E-state index in [2.05, 4.69) is 30.9 Å². The second-order valence-electron chi connectivity index (χ2n) is 6.23. The van der Waals surface area contributed by atoms with Crippen LogP contribution in [0.5, 0.6) is 0 Å². The van der Waals surface area contributed by atoms with Gasteiger partial charge in [-0.3, -0.25) is 4.90 Å². The number of hydrogen-bond acceptors (Lipinski definition) is 2. The van der Waals surface area contributed by atoms with E-state index < -0.39 is 0 Å². The molecule has 0 radical (unpaired) electrons. The van der Waals surface area contributed by atoms with Gasteiger partial charge in [-0.15, -0.1) is 0 Å². The molecule has 0 heterocycles. The van der Waals surface area contributed by atoms with Crippen LogP contribution in [-0.2, 0) is 6.42 Å². The average Bonchev–Trinajstić information content (AvgIpc) is 2.96. The minimum absolute atomic E-state index is 0.0393. The molecule has 1 saturated carbocycles. The lowest BCUT2D eigenvalue weighted by molar-refractivity contribution is 0.0688. The third kappa shape index (κ3) is 3.55. The second kappa shape index (κ2) is 6.93. The zero-order chi connectivity index (χ0) is 14.6. The Bertz CT molecular complexity index is 412. The van der Waals surface area contributed by atoms with Crippen molar-refractivity contribution in [1.82, 2.24) is 4.90 Å². The molecule has 0 amide bonds. The van der Waals surface area contributed by atoms with Crippen molar-refractivity contribution in [1.29, 1.82) is 0 Å². The summed E-state index contributed by atoms with van der Waals surface area (Å²) in [6.07, 6.45) is 6.37. The van der Waals surface area contributed by atoms with Crippen molar-refractivity contribution in [3.8, 4) is 0 Å². The quantitative estimate of drug-likeness (QED) is 0.863. The molecule has 112 valence electrons. The van der Waals surface area contributed by atoms with Gasteiger partial charge in [-0.05, 0) is 50.4 Å². The Morgan fingerprint density at radius 3 is 2.35 bits per heavy atom. The van der Waals surface area contributed by atoms with Crippen LogP contribution in [0.25, 0.3) is 0 Å². The molecule has 1 fully saturated rings. The molecule has 1 atom stereocenters. The third-order valence-electron chi connectivity index (χ3n) is 4.74. The molecule has 0 saturated heterocycles. The first-order chi connectivity index (χ1) is 9.59. The van der Waals surface area contributed by atoms with Gasteiger partial charge in [0.25, 0.3) is 0 Å². The Labute approximate surface area is 128 Å². The highest BCUT2D eigenvalue weighted by atomic mass is 35.5. The minimum atomic E-state index is 0.0393. The van der Waals surface area contributed by atoms with Gasteiger partial charge in [0.1, 0.15) is 0 Å². The predicted octanol–water partition coefficient (Wildman–Crippen LogP) is 3.86. The van der Waals surface area contributed by atoms with Gasteiger partial charge in [0.15, 0.2) is 0 Å². The summed E-state index contributed by atoms with van der Waals surface area (Å²) in [4.78, 5) is 2.63. The van der Waals surface area contributed by atoms with Crippen molar-refractivity contribution in [3.63, 3.8) is 0 Å². The van der Waals surface area contributed by atoms with E-state index in [1.165, 1.54) is 31.2 Å². The number of benzene rings is 1. The fraction of sp³-hybridized carbons (Fsp3) is 0.647. The van der Waals surface area contributed by atoms with E-state index in [4.69, 9.17) is 17.3 Å². The van der Waals surface area contributed by atoms with Gasteiger partial charge < -0.3 is 5.73 Å². The molecule has 1 aromatic rings. The molecule has 0 spiro atoms. The summed E-state index contributed by atoms with van der Waals surface area (Å²) < 4.78 is 0. The normalized spacial score (nSPS) is 19.4. The number of likely N-dealkylation sites (N-methyl/N-ethyl adjacent to an activating group) is 1. The highest BCUT2D eigenvalue weighted by molar-refractivity contribution is 6.30. The molecule has 20 heavy (non-hydrogen) atoms. The van der Waals surface area contributed by atoms with Gasteiger partial charge in [0.05, 0.1) is 0 Å². The molecule has 0 bridgehead atoms. The zero-order valence-electron chi connectivity index (χ0n) is 12.7. The highest BCUT2D eigenvalue weighted by Crippen LogP contribution is 2.31. The summed E-state index contributed by atoms with van der Waals surface area (Å²) in [6, 6.07) is 8.90. The van der Waals surface area contributed by atoms with Crippen molar-refractivity contribution in [3.05, 3.63) is 34.9 Å². The van der Waals surface area contributed by atoms with E-state index in [0.29, 0.717) is 12.6 Å². The molecule has 0 aliphatic heterocycles. The van der Waals surface area contributed by atoms with Crippen LogP contribution in [0.4, 0.5) is 0 Å². The lowest BCUT2D eigenvalue weighted by Gasteiger charge is -2.44. The van der Waals surface area contributed by atoms with Crippen LogP contribution >= 0.6 is 11.6 Å². The van der Waals surface area contributed by atoms with E-state index in [1.54, 1.807) is 0 Å². The van der Waals surface area contributed by atoms with Crippen LogP contribution in [-0.4, -0.2) is 29.6 Å². The van der Waals surface area contributed by atoms with E-state index in [9.17, 15) is 0 Å². The zero-order valence-corrected chi connectivity index (χ0v) is 13.5. The summed E-state index contributed by atoms with van der Waals surface area (Å²) in [5.41, 5.74) is 7.52. The van der Waals surface area contributed by atoms with Crippen LogP contribution in [0.3, 0.4) is 0 Å². The number of nitrogens with two attached hydrogens (primary N) is 1. The number of nitrogens with zero attached hydrogens (tertiary/aromatic N) is 1. The molecule has 2 N–H and O–H groups in total. The first kappa shape index (κ1) is 15.8. The van der Waals surface area contributed by atoms with Crippen LogP contribution in [0.2, 0.25) is 5.02 Å². The van der Waals surface area contributed by atoms with E-state index in [-0.39, 0.29) is 5.54 Å². The van der Waals surface area contributed by atoms with Gasteiger partial charge >= 0.3 is 0 Å². The molecule has 1 aliphatic rings. The lowest BCUT2D eigenvalue weighted by Crippen LogP contribution is -2.56. The number of hydrogen-bond donors (Lipinski definition) is 1. The van der Waals surface area contributed by atoms with Crippen molar-refractivity contribution in [2.45, 2.75) is 57.5 Å². The monoisotopic (exact) mass is 294 g/mol. The molecular weight excluding hydrogens is 268 g/mol. The first-order valence-electron chi connectivity index (χ1n) is 7.80. The summed E-state index contributed by atoms with van der Waals surface area (Å²) in [7, 11) is 0. The summed E-state index contributed by atoms with van der Waals surface area (Å²) >= 11 is 5.98.